The molecule has 2 heterocycles. The van der Waals surface area contributed by atoms with Crippen molar-refractivity contribution in [1.82, 2.24) is 20.2 Å². The lowest BCUT2D eigenvalue weighted by Gasteiger charge is -2.05. The number of anilines is 2. The Bertz CT molecular complexity index is 550. The predicted molar refractivity (Wildman–Crippen MR) is 69.8 cm³/mol. The molecule has 2 N–H and O–H groups in total. The summed E-state index contributed by atoms with van der Waals surface area (Å²) in [7, 11) is 1.83. The van der Waals surface area contributed by atoms with E-state index in [1.54, 1.807) is 23.7 Å². The van der Waals surface area contributed by atoms with E-state index in [0.717, 1.165) is 0 Å². The van der Waals surface area contributed by atoms with E-state index in [2.05, 4.69) is 20.9 Å². The molecule has 0 spiro atoms. The molecule has 0 saturated heterocycles. The minimum Gasteiger partial charge on any atom is -0.323 e. The summed E-state index contributed by atoms with van der Waals surface area (Å²) in [5, 5.41) is 7.20. The number of carbonyl (C=O) groups is 1. The van der Waals surface area contributed by atoms with Gasteiger partial charge in [0.25, 0.3) is 5.91 Å². The zero-order valence-electron chi connectivity index (χ0n) is 10.8. The van der Waals surface area contributed by atoms with Gasteiger partial charge >= 0.3 is 0 Å². The third kappa shape index (κ3) is 3.52. The maximum atomic E-state index is 11.6. The number of hydroxylamine groups is 1. The summed E-state index contributed by atoms with van der Waals surface area (Å²) in [6.45, 7) is 2.21. The Labute approximate surface area is 110 Å². The van der Waals surface area contributed by atoms with Crippen LogP contribution >= 0.6 is 0 Å². The van der Waals surface area contributed by atoms with Gasteiger partial charge in [-0.2, -0.15) is 5.10 Å². The predicted octanol–water partition coefficient (Wildman–Crippen LogP) is 1.24. The van der Waals surface area contributed by atoms with Gasteiger partial charge in [0.15, 0.2) is 5.82 Å². The number of pyridine rings is 1. The number of hydrogen-bond donors (Lipinski definition) is 2. The maximum Gasteiger partial charge on any atom is 0.276 e. The van der Waals surface area contributed by atoms with Gasteiger partial charge in [-0.05, 0) is 19.1 Å². The standard InChI is InChI=1S/C12H15N5O2/c1-3-19-16-12(18)9-4-5-10(13-8-9)14-11-6-7-17(2)15-11/h4-8H,3H2,1-2H3,(H,16,18)(H,13,14,15). The summed E-state index contributed by atoms with van der Waals surface area (Å²) < 4.78 is 1.69. The highest BCUT2D eigenvalue weighted by Crippen LogP contribution is 2.11. The van der Waals surface area contributed by atoms with Gasteiger partial charge in [0.05, 0.1) is 12.2 Å². The molecule has 0 aliphatic heterocycles. The van der Waals surface area contributed by atoms with Crippen molar-refractivity contribution in [3.63, 3.8) is 0 Å². The van der Waals surface area contributed by atoms with E-state index in [9.17, 15) is 4.79 Å². The topological polar surface area (TPSA) is 81.1 Å². The van der Waals surface area contributed by atoms with Crippen molar-refractivity contribution in [2.24, 2.45) is 7.05 Å². The average molecular weight is 261 g/mol. The van der Waals surface area contributed by atoms with Crippen LogP contribution in [0.25, 0.3) is 0 Å². The molecule has 0 fully saturated rings. The van der Waals surface area contributed by atoms with Gasteiger partial charge in [-0.1, -0.05) is 0 Å². The molecular formula is C12H15N5O2. The van der Waals surface area contributed by atoms with Crippen LogP contribution in [0, 0.1) is 0 Å². The molecule has 0 atom stereocenters. The number of hydrogen-bond acceptors (Lipinski definition) is 5. The molecule has 0 aliphatic rings. The fourth-order valence-electron chi connectivity index (χ4n) is 1.41. The van der Waals surface area contributed by atoms with E-state index >= 15 is 0 Å². The summed E-state index contributed by atoms with van der Waals surface area (Å²) in [5.41, 5.74) is 2.74. The van der Waals surface area contributed by atoms with Crippen LogP contribution < -0.4 is 10.8 Å². The Morgan fingerprint density at radius 1 is 1.37 bits per heavy atom. The second-order valence-electron chi connectivity index (χ2n) is 3.80. The molecule has 0 aromatic carbocycles. The van der Waals surface area contributed by atoms with Crippen molar-refractivity contribution in [2.45, 2.75) is 6.92 Å². The number of carbonyl (C=O) groups excluding carboxylic acids is 1. The van der Waals surface area contributed by atoms with Gasteiger partial charge in [0.2, 0.25) is 0 Å². The van der Waals surface area contributed by atoms with E-state index in [-0.39, 0.29) is 5.91 Å². The van der Waals surface area contributed by atoms with E-state index < -0.39 is 0 Å². The molecule has 7 nitrogen and oxygen atoms in total. The molecule has 2 aromatic rings. The van der Waals surface area contributed by atoms with Crippen molar-refractivity contribution in [2.75, 3.05) is 11.9 Å². The van der Waals surface area contributed by atoms with E-state index in [1.165, 1.54) is 6.20 Å². The zero-order valence-corrected chi connectivity index (χ0v) is 10.8. The van der Waals surface area contributed by atoms with Gasteiger partial charge in [0.1, 0.15) is 5.82 Å². The van der Waals surface area contributed by atoms with E-state index in [0.29, 0.717) is 23.8 Å². The van der Waals surface area contributed by atoms with Crippen LogP contribution in [0.4, 0.5) is 11.6 Å². The van der Waals surface area contributed by atoms with Crippen LogP contribution in [0.1, 0.15) is 17.3 Å². The Morgan fingerprint density at radius 2 is 2.21 bits per heavy atom. The molecule has 7 heteroatoms. The van der Waals surface area contributed by atoms with Crippen molar-refractivity contribution < 1.29 is 9.63 Å². The molecule has 0 unspecified atom stereocenters. The van der Waals surface area contributed by atoms with Crippen LogP contribution in [0.5, 0.6) is 0 Å². The van der Waals surface area contributed by atoms with E-state index in [1.807, 2.05) is 19.3 Å². The van der Waals surface area contributed by atoms with Gasteiger partial charge in [0, 0.05) is 25.5 Å². The molecule has 19 heavy (non-hydrogen) atoms. The summed E-state index contributed by atoms with van der Waals surface area (Å²) in [4.78, 5) is 20.5. The van der Waals surface area contributed by atoms with Gasteiger partial charge in [-0.25, -0.2) is 10.5 Å². The molecule has 2 rings (SSSR count). The van der Waals surface area contributed by atoms with Crippen molar-refractivity contribution in [1.29, 1.82) is 0 Å². The van der Waals surface area contributed by atoms with E-state index in [4.69, 9.17) is 4.84 Å². The van der Waals surface area contributed by atoms with Crippen molar-refractivity contribution in [3.8, 4) is 0 Å². The molecule has 0 saturated carbocycles. The molecule has 100 valence electrons. The monoisotopic (exact) mass is 261 g/mol. The highest BCUT2D eigenvalue weighted by atomic mass is 16.6. The second-order valence-corrected chi connectivity index (χ2v) is 3.80. The Hall–Kier alpha value is -2.41. The average Bonchev–Trinajstić information content (AvgIpc) is 2.82. The van der Waals surface area contributed by atoms with Gasteiger partial charge < -0.3 is 5.32 Å². The first kappa shape index (κ1) is 13.0. The molecule has 1 amide bonds. The number of aryl methyl sites for hydroxylation is 1. The first-order chi connectivity index (χ1) is 9.19. The Kier molecular flexibility index (Phi) is 4.09. The number of rotatable bonds is 5. The van der Waals surface area contributed by atoms with Gasteiger partial charge in [-0.15, -0.1) is 0 Å². The van der Waals surface area contributed by atoms with Crippen LogP contribution in [0.3, 0.4) is 0 Å². The largest absolute Gasteiger partial charge is 0.323 e. The van der Waals surface area contributed by atoms with Crippen LogP contribution in [-0.2, 0) is 11.9 Å². The van der Waals surface area contributed by atoms with Crippen molar-refractivity contribution in [3.05, 3.63) is 36.2 Å². The lowest BCUT2D eigenvalue weighted by molar-refractivity contribution is 0.0364. The molecule has 2 aromatic heterocycles. The molecule has 0 bridgehead atoms. The summed E-state index contributed by atoms with van der Waals surface area (Å²) in [5.74, 6) is 0.993. The minimum absolute atomic E-state index is 0.321. The minimum atomic E-state index is -0.321. The lowest BCUT2D eigenvalue weighted by Crippen LogP contribution is -2.23. The Morgan fingerprint density at radius 3 is 2.79 bits per heavy atom. The van der Waals surface area contributed by atoms with Crippen LogP contribution in [-0.4, -0.2) is 27.3 Å². The zero-order chi connectivity index (χ0) is 13.7. The normalized spacial score (nSPS) is 10.2. The fraction of sp³-hybridized carbons (Fsp3) is 0.250. The lowest BCUT2D eigenvalue weighted by atomic mass is 10.3. The third-order valence-corrected chi connectivity index (χ3v) is 2.30. The summed E-state index contributed by atoms with van der Waals surface area (Å²) >= 11 is 0. The number of nitrogens with one attached hydrogen (secondary N) is 2. The highest BCUT2D eigenvalue weighted by molar-refractivity contribution is 5.93. The highest BCUT2D eigenvalue weighted by Gasteiger charge is 2.06. The van der Waals surface area contributed by atoms with Crippen molar-refractivity contribution >= 4 is 17.5 Å². The first-order valence-electron chi connectivity index (χ1n) is 5.84. The molecular weight excluding hydrogens is 246 g/mol. The summed E-state index contributed by atoms with van der Waals surface area (Å²) in [6, 6.07) is 5.19. The fourth-order valence-corrected chi connectivity index (χ4v) is 1.41. The maximum absolute atomic E-state index is 11.6. The van der Waals surface area contributed by atoms with Gasteiger partial charge in [-0.3, -0.25) is 14.3 Å². The molecule has 0 aliphatic carbocycles. The SMILES string of the molecule is CCONC(=O)c1ccc(Nc2ccn(C)n2)nc1. The second kappa shape index (κ2) is 5.96. The number of amides is 1. The first-order valence-corrected chi connectivity index (χ1v) is 5.84. The Balaban J connectivity index is 2.00. The number of aromatic nitrogens is 3. The van der Waals surface area contributed by atoms with Crippen LogP contribution in [0.2, 0.25) is 0 Å². The molecule has 0 radical (unpaired) electrons. The summed E-state index contributed by atoms with van der Waals surface area (Å²) in [6.07, 6.45) is 3.30. The number of nitrogens with zero attached hydrogens (tertiary/aromatic N) is 3. The third-order valence-electron chi connectivity index (χ3n) is 2.30. The quantitative estimate of drug-likeness (QED) is 0.791. The smallest absolute Gasteiger partial charge is 0.276 e. The van der Waals surface area contributed by atoms with Crippen LogP contribution in [0.15, 0.2) is 30.6 Å².